The molecule has 0 fully saturated rings. The molecular weight excluding hydrogens is 316 g/mol. The second kappa shape index (κ2) is 7.20. The number of nitrogens with one attached hydrogen (secondary N) is 1. The van der Waals surface area contributed by atoms with E-state index in [9.17, 15) is 4.79 Å². The molecule has 0 saturated heterocycles. The average Bonchev–Trinajstić information content (AvgIpc) is 2.46. The molecule has 1 N–H and O–H groups in total. The van der Waals surface area contributed by atoms with E-state index >= 15 is 0 Å². The van der Waals surface area contributed by atoms with Gasteiger partial charge in [0.1, 0.15) is 0 Å². The molecule has 0 saturated carbocycles. The van der Waals surface area contributed by atoms with Crippen LogP contribution in [-0.4, -0.2) is 10.9 Å². The molecule has 3 nitrogen and oxygen atoms in total. The molecule has 0 radical (unpaired) electrons. The minimum Gasteiger partial charge on any atom is -0.350 e. The molecule has 0 bridgehead atoms. The van der Waals surface area contributed by atoms with Crippen LogP contribution in [0.1, 0.15) is 30.5 Å². The molecule has 1 aromatic carbocycles. The summed E-state index contributed by atoms with van der Waals surface area (Å²) in [5.74, 6) is 0.0529. The smallest absolute Gasteiger partial charge is 0.220 e. The van der Waals surface area contributed by atoms with Crippen LogP contribution in [0.25, 0.3) is 0 Å². The number of halogens is 1. The molecule has 0 aliphatic rings. The van der Waals surface area contributed by atoms with E-state index in [2.05, 4.69) is 26.2 Å². The van der Waals surface area contributed by atoms with E-state index in [-0.39, 0.29) is 11.9 Å². The molecule has 1 amide bonds. The Morgan fingerprint density at radius 3 is 2.80 bits per heavy atom. The van der Waals surface area contributed by atoms with Crippen molar-refractivity contribution >= 4 is 21.8 Å². The predicted molar refractivity (Wildman–Crippen MR) is 83.3 cm³/mol. The largest absolute Gasteiger partial charge is 0.350 e. The van der Waals surface area contributed by atoms with E-state index in [0.29, 0.717) is 12.8 Å². The van der Waals surface area contributed by atoms with E-state index in [1.54, 1.807) is 12.4 Å². The van der Waals surface area contributed by atoms with Gasteiger partial charge in [-0.3, -0.25) is 9.78 Å². The number of amides is 1. The Balaban J connectivity index is 1.87. The Hall–Kier alpha value is -1.68. The maximum Gasteiger partial charge on any atom is 0.220 e. The second-order valence-electron chi connectivity index (χ2n) is 4.67. The first kappa shape index (κ1) is 14.7. The van der Waals surface area contributed by atoms with Crippen LogP contribution in [0.3, 0.4) is 0 Å². The summed E-state index contributed by atoms with van der Waals surface area (Å²) >= 11 is 3.50. The quantitative estimate of drug-likeness (QED) is 0.907. The van der Waals surface area contributed by atoms with Crippen LogP contribution in [-0.2, 0) is 11.2 Å². The normalized spacial score (nSPS) is 11.9. The van der Waals surface area contributed by atoms with Crippen molar-refractivity contribution in [2.75, 3.05) is 0 Å². The molecule has 4 heteroatoms. The number of rotatable bonds is 5. The lowest BCUT2D eigenvalue weighted by Crippen LogP contribution is -2.27. The lowest BCUT2D eigenvalue weighted by atomic mass is 10.1. The molecule has 0 aliphatic heterocycles. The zero-order valence-corrected chi connectivity index (χ0v) is 12.9. The van der Waals surface area contributed by atoms with Crippen LogP contribution in [0.4, 0.5) is 0 Å². The molecule has 2 aromatic rings. The van der Waals surface area contributed by atoms with Crippen molar-refractivity contribution in [3.63, 3.8) is 0 Å². The summed E-state index contributed by atoms with van der Waals surface area (Å²) in [7, 11) is 0. The number of hydrogen-bond acceptors (Lipinski definition) is 2. The fourth-order valence-corrected chi connectivity index (χ4v) is 2.65. The molecule has 1 heterocycles. The van der Waals surface area contributed by atoms with Crippen molar-refractivity contribution in [2.24, 2.45) is 0 Å². The number of carbonyl (C=O) groups is 1. The van der Waals surface area contributed by atoms with Gasteiger partial charge in [-0.15, -0.1) is 0 Å². The standard InChI is InChI=1S/C16H17BrN2O/c1-12(14-6-2-3-7-15(14)17)19-16(20)9-8-13-5-4-10-18-11-13/h2-7,10-12H,8-9H2,1H3,(H,19,20). The number of benzene rings is 1. The van der Waals surface area contributed by atoms with E-state index < -0.39 is 0 Å². The fourth-order valence-electron chi connectivity index (χ4n) is 2.02. The van der Waals surface area contributed by atoms with Gasteiger partial charge in [-0.2, -0.15) is 0 Å². The number of hydrogen-bond donors (Lipinski definition) is 1. The highest BCUT2D eigenvalue weighted by molar-refractivity contribution is 9.10. The molecule has 1 atom stereocenters. The Kier molecular flexibility index (Phi) is 5.30. The summed E-state index contributed by atoms with van der Waals surface area (Å²) in [4.78, 5) is 16.0. The first-order chi connectivity index (χ1) is 9.66. The lowest BCUT2D eigenvalue weighted by Gasteiger charge is -2.15. The first-order valence-electron chi connectivity index (χ1n) is 6.59. The minimum absolute atomic E-state index is 0.00743. The monoisotopic (exact) mass is 332 g/mol. The van der Waals surface area contributed by atoms with Crippen LogP contribution in [0.15, 0.2) is 53.3 Å². The topological polar surface area (TPSA) is 42.0 Å². The molecular formula is C16H17BrN2O. The molecule has 20 heavy (non-hydrogen) atoms. The van der Waals surface area contributed by atoms with E-state index in [4.69, 9.17) is 0 Å². The van der Waals surface area contributed by atoms with Gasteiger partial charge in [0.25, 0.3) is 0 Å². The third-order valence-electron chi connectivity index (χ3n) is 3.11. The van der Waals surface area contributed by atoms with Crippen molar-refractivity contribution in [2.45, 2.75) is 25.8 Å². The van der Waals surface area contributed by atoms with Gasteiger partial charge in [0.2, 0.25) is 5.91 Å². The van der Waals surface area contributed by atoms with Crippen LogP contribution in [0, 0.1) is 0 Å². The van der Waals surface area contributed by atoms with Crippen molar-refractivity contribution in [3.05, 3.63) is 64.4 Å². The summed E-state index contributed by atoms with van der Waals surface area (Å²) in [5, 5.41) is 3.02. The Morgan fingerprint density at radius 1 is 1.30 bits per heavy atom. The maximum absolute atomic E-state index is 12.0. The molecule has 2 rings (SSSR count). The molecule has 0 aliphatic carbocycles. The van der Waals surface area contributed by atoms with Gasteiger partial charge in [0.15, 0.2) is 0 Å². The van der Waals surface area contributed by atoms with Gasteiger partial charge < -0.3 is 5.32 Å². The first-order valence-corrected chi connectivity index (χ1v) is 7.39. The molecule has 104 valence electrons. The zero-order chi connectivity index (χ0) is 14.4. The Bertz CT molecular complexity index is 572. The van der Waals surface area contributed by atoms with E-state index in [1.165, 1.54) is 0 Å². The summed E-state index contributed by atoms with van der Waals surface area (Å²) in [6, 6.07) is 11.8. The Labute approximate surface area is 127 Å². The van der Waals surface area contributed by atoms with Crippen molar-refractivity contribution in [1.82, 2.24) is 10.3 Å². The summed E-state index contributed by atoms with van der Waals surface area (Å²) in [6.07, 6.45) is 4.71. The third-order valence-corrected chi connectivity index (χ3v) is 3.83. The van der Waals surface area contributed by atoms with Gasteiger partial charge in [0.05, 0.1) is 6.04 Å². The van der Waals surface area contributed by atoms with Gasteiger partial charge in [-0.25, -0.2) is 0 Å². The fraction of sp³-hybridized carbons (Fsp3) is 0.250. The number of carbonyl (C=O) groups excluding carboxylic acids is 1. The number of nitrogens with zero attached hydrogens (tertiary/aromatic N) is 1. The number of pyridine rings is 1. The molecule has 0 spiro atoms. The van der Waals surface area contributed by atoms with Gasteiger partial charge in [-0.1, -0.05) is 40.2 Å². The SMILES string of the molecule is CC(NC(=O)CCc1cccnc1)c1ccccc1Br. The molecule has 1 unspecified atom stereocenters. The maximum atomic E-state index is 12.0. The summed E-state index contributed by atoms with van der Waals surface area (Å²) in [5.41, 5.74) is 2.17. The van der Waals surface area contributed by atoms with Crippen LogP contribution in [0.5, 0.6) is 0 Å². The highest BCUT2D eigenvalue weighted by Gasteiger charge is 2.11. The van der Waals surface area contributed by atoms with Crippen molar-refractivity contribution in [1.29, 1.82) is 0 Å². The third kappa shape index (κ3) is 4.17. The summed E-state index contributed by atoms with van der Waals surface area (Å²) in [6.45, 7) is 1.99. The minimum atomic E-state index is -0.00743. The van der Waals surface area contributed by atoms with Gasteiger partial charge >= 0.3 is 0 Å². The molecule has 1 aromatic heterocycles. The van der Waals surface area contributed by atoms with Crippen LogP contribution >= 0.6 is 15.9 Å². The van der Waals surface area contributed by atoms with Gasteiger partial charge in [0, 0.05) is 23.3 Å². The van der Waals surface area contributed by atoms with Crippen molar-refractivity contribution < 1.29 is 4.79 Å². The summed E-state index contributed by atoms with van der Waals surface area (Å²) < 4.78 is 1.01. The second-order valence-corrected chi connectivity index (χ2v) is 5.53. The lowest BCUT2D eigenvalue weighted by molar-refractivity contribution is -0.121. The zero-order valence-electron chi connectivity index (χ0n) is 11.3. The predicted octanol–water partition coefficient (Wildman–Crippen LogP) is 3.65. The highest BCUT2D eigenvalue weighted by Crippen LogP contribution is 2.22. The van der Waals surface area contributed by atoms with Crippen LogP contribution < -0.4 is 5.32 Å². The van der Waals surface area contributed by atoms with E-state index in [0.717, 1.165) is 15.6 Å². The highest BCUT2D eigenvalue weighted by atomic mass is 79.9. The van der Waals surface area contributed by atoms with E-state index in [1.807, 2.05) is 43.3 Å². The van der Waals surface area contributed by atoms with Gasteiger partial charge in [-0.05, 0) is 36.6 Å². The number of aromatic nitrogens is 1. The van der Waals surface area contributed by atoms with Crippen molar-refractivity contribution in [3.8, 4) is 0 Å². The van der Waals surface area contributed by atoms with Crippen LogP contribution in [0.2, 0.25) is 0 Å². The number of aryl methyl sites for hydroxylation is 1. The Morgan fingerprint density at radius 2 is 2.10 bits per heavy atom. The average molecular weight is 333 g/mol.